The van der Waals surface area contributed by atoms with Crippen molar-refractivity contribution in [2.75, 3.05) is 0 Å². The molecular weight excluding hydrogens is 465 g/mol. The van der Waals surface area contributed by atoms with Crippen molar-refractivity contribution in [1.29, 1.82) is 0 Å². The predicted octanol–water partition coefficient (Wildman–Crippen LogP) is 5.95. The Morgan fingerprint density at radius 3 is 2.24 bits per heavy atom. The van der Waals surface area contributed by atoms with E-state index in [-0.39, 0.29) is 17.9 Å². The highest BCUT2D eigenvalue weighted by Crippen LogP contribution is 2.27. The van der Waals surface area contributed by atoms with E-state index in [1.54, 1.807) is 0 Å². The van der Waals surface area contributed by atoms with Crippen molar-refractivity contribution in [3.8, 4) is 0 Å². The van der Waals surface area contributed by atoms with Gasteiger partial charge in [0.1, 0.15) is 5.70 Å². The Kier molecular flexibility index (Phi) is 7.52. The molecule has 3 aromatic carbocycles. The summed E-state index contributed by atoms with van der Waals surface area (Å²) in [6.45, 7) is 6.06. The van der Waals surface area contributed by atoms with Crippen LogP contribution in [0, 0.1) is 0 Å². The molecule has 34 heavy (non-hydrogen) atoms. The molecule has 0 saturated carbocycles. The van der Waals surface area contributed by atoms with Crippen molar-refractivity contribution >= 4 is 40.5 Å². The van der Waals surface area contributed by atoms with Crippen LogP contribution in [0.1, 0.15) is 48.2 Å². The SMILES string of the molecule is CC1=CC(C)=N[NH+]1c1cccc(C(=O)N[C@H](C)[C@H](Cc2ccc(Cl)cc2)c2ccc(Cl)cc2)c1. The maximum Gasteiger partial charge on any atom is 0.251 e. The van der Waals surface area contributed by atoms with Gasteiger partial charge < -0.3 is 5.32 Å². The molecule has 1 heterocycles. The first-order valence-corrected chi connectivity index (χ1v) is 12.1. The highest BCUT2D eigenvalue weighted by Gasteiger charge is 2.24. The predicted molar refractivity (Wildman–Crippen MR) is 140 cm³/mol. The van der Waals surface area contributed by atoms with Gasteiger partial charge in [0, 0.05) is 52.7 Å². The minimum absolute atomic E-state index is 0.0622. The summed E-state index contributed by atoms with van der Waals surface area (Å²) in [6, 6.07) is 23.2. The molecule has 1 aliphatic heterocycles. The van der Waals surface area contributed by atoms with E-state index in [1.807, 2.05) is 93.6 Å². The van der Waals surface area contributed by atoms with Gasteiger partial charge >= 0.3 is 0 Å². The van der Waals surface area contributed by atoms with E-state index in [0.717, 1.165) is 39.7 Å². The average molecular weight is 493 g/mol. The summed E-state index contributed by atoms with van der Waals surface area (Å²) in [5.41, 5.74) is 5.92. The molecule has 2 N–H and O–H groups in total. The highest BCUT2D eigenvalue weighted by molar-refractivity contribution is 6.30. The zero-order valence-electron chi connectivity index (χ0n) is 19.5. The zero-order valence-corrected chi connectivity index (χ0v) is 21.0. The molecule has 1 aliphatic rings. The average Bonchev–Trinajstić information content (AvgIpc) is 3.17. The van der Waals surface area contributed by atoms with E-state index in [1.165, 1.54) is 0 Å². The van der Waals surface area contributed by atoms with E-state index >= 15 is 0 Å². The summed E-state index contributed by atoms with van der Waals surface area (Å²) in [7, 11) is 0. The van der Waals surface area contributed by atoms with Gasteiger partial charge in [0.25, 0.3) is 5.91 Å². The van der Waals surface area contributed by atoms with Crippen LogP contribution in [0.2, 0.25) is 10.0 Å². The summed E-state index contributed by atoms with van der Waals surface area (Å²) in [4.78, 5) is 13.2. The first kappa shape index (κ1) is 24.2. The van der Waals surface area contributed by atoms with Crippen LogP contribution in [-0.4, -0.2) is 17.7 Å². The van der Waals surface area contributed by atoms with E-state index in [9.17, 15) is 4.79 Å². The number of rotatable bonds is 7. The molecule has 0 aliphatic carbocycles. The number of nitrogens with zero attached hydrogens (tertiary/aromatic N) is 1. The molecule has 1 amide bonds. The van der Waals surface area contributed by atoms with Crippen LogP contribution >= 0.6 is 23.2 Å². The molecule has 3 aromatic rings. The summed E-state index contributed by atoms with van der Waals surface area (Å²) in [5.74, 6) is -0.0439. The Labute approximate surface area is 210 Å². The van der Waals surface area contributed by atoms with Crippen molar-refractivity contribution in [1.82, 2.24) is 5.32 Å². The summed E-state index contributed by atoms with van der Waals surface area (Å²) < 4.78 is 0. The highest BCUT2D eigenvalue weighted by atomic mass is 35.5. The van der Waals surface area contributed by atoms with Gasteiger partial charge in [-0.2, -0.15) is 0 Å². The third-order valence-corrected chi connectivity index (χ3v) is 6.62. The maximum absolute atomic E-state index is 13.2. The topological polar surface area (TPSA) is 45.9 Å². The first-order chi connectivity index (χ1) is 16.3. The van der Waals surface area contributed by atoms with Crippen LogP contribution in [0.3, 0.4) is 0 Å². The molecule has 0 spiro atoms. The zero-order chi connectivity index (χ0) is 24.2. The molecule has 0 radical (unpaired) electrons. The largest absolute Gasteiger partial charge is 0.349 e. The molecule has 4 rings (SSSR count). The van der Waals surface area contributed by atoms with Crippen molar-refractivity contribution in [3.63, 3.8) is 0 Å². The van der Waals surface area contributed by atoms with Crippen LogP contribution < -0.4 is 10.3 Å². The van der Waals surface area contributed by atoms with Crippen LogP contribution in [0.5, 0.6) is 0 Å². The standard InChI is InChI=1S/C28H27Cl2N3O/c1-18-15-19(2)33(32-18)26-6-4-5-23(17-26)28(34)31-20(3)27(22-9-13-25(30)14-10-22)16-21-7-11-24(29)12-8-21/h4-15,17,20,27H,16H2,1-3H3,(H,31,34)/p+1/t20-,27+/m1/s1. The van der Waals surface area contributed by atoms with E-state index in [2.05, 4.69) is 16.5 Å². The van der Waals surface area contributed by atoms with Crippen molar-refractivity contribution < 1.29 is 9.80 Å². The third kappa shape index (κ3) is 5.76. The molecule has 174 valence electrons. The normalized spacial score (nSPS) is 17.0. The van der Waals surface area contributed by atoms with Gasteiger partial charge in [0.05, 0.1) is 5.71 Å². The van der Waals surface area contributed by atoms with Crippen LogP contribution in [0.4, 0.5) is 5.69 Å². The fourth-order valence-corrected chi connectivity index (χ4v) is 4.59. The van der Waals surface area contributed by atoms with Crippen LogP contribution in [-0.2, 0) is 6.42 Å². The molecule has 0 bridgehead atoms. The number of carbonyl (C=O) groups is 1. The van der Waals surface area contributed by atoms with Crippen molar-refractivity contribution in [3.05, 3.63) is 111 Å². The lowest BCUT2D eigenvalue weighted by atomic mass is 9.86. The van der Waals surface area contributed by atoms with E-state index in [4.69, 9.17) is 23.2 Å². The Morgan fingerprint density at radius 2 is 1.62 bits per heavy atom. The minimum atomic E-state index is -0.117. The van der Waals surface area contributed by atoms with Gasteiger partial charge in [-0.3, -0.25) is 4.79 Å². The molecule has 6 heteroatoms. The van der Waals surface area contributed by atoms with Crippen molar-refractivity contribution in [2.45, 2.75) is 39.2 Å². The van der Waals surface area contributed by atoms with E-state index in [0.29, 0.717) is 15.6 Å². The van der Waals surface area contributed by atoms with Gasteiger partial charge in [-0.25, -0.2) is 0 Å². The lowest BCUT2D eigenvalue weighted by Crippen LogP contribution is -2.99. The molecule has 0 aromatic heterocycles. The van der Waals surface area contributed by atoms with E-state index < -0.39 is 0 Å². The summed E-state index contributed by atoms with van der Waals surface area (Å²) in [5, 5.41) is 10.2. The van der Waals surface area contributed by atoms with Crippen molar-refractivity contribution in [2.24, 2.45) is 5.10 Å². The Balaban J connectivity index is 1.55. The number of hydrogen-bond acceptors (Lipinski definition) is 2. The van der Waals surface area contributed by atoms with Gasteiger partial charge in [0.2, 0.25) is 0 Å². The quantitative estimate of drug-likeness (QED) is 0.420. The second-order valence-electron chi connectivity index (χ2n) is 8.76. The smallest absolute Gasteiger partial charge is 0.251 e. The second-order valence-corrected chi connectivity index (χ2v) is 9.63. The number of nitrogens with one attached hydrogen (secondary N) is 2. The molecule has 0 saturated heterocycles. The van der Waals surface area contributed by atoms with Crippen LogP contribution in [0.15, 0.2) is 89.7 Å². The minimum Gasteiger partial charge on any atom is -0.349 e. The monoisotopic (exact) mass is 492 g/mol. The number of quaternary nitrogens is 1. The number of allylic oxidation sites excluding steroid dienone is 2. The summed E-state index contributed by atoms with van der Waals surface area (Å²) >= 11 is 12.2. The molecule has 3 atom stereocenters. The Morgan fingerprint density at radius 1 is 0.971 bits per heavy atom. The summed E-state index contributed by atoms with van der Waals surface area (Å²) in [6.07, 6.45) is 2.81. The molecular formula is C28H28Cl2N3O+. The number of benzene rings is 3. The lowest BCUT2D eigenvalue weighted by Gasteiger charge is -2.26. The van der Waals surface area contributed by atoms with Crippen LogP contribution in [0.25, 0.3) is 0 Å². The maximum atomic E-state index is 13.2. The lowest BCUT2D eigenvalue weighted by molar-refractivity contribution is -0.794. The Hall–Kier alpha value is -2.92. The second kappa shape index (κ2) is 10.6. The fourth-order valence-electron chi connectivity index (χ4n) is 4.34. The Bertz CT molecular complexity index is 1230. The third-order valence-electron chi connectivity index (χ3n) is 6.11. The van der Waals surface area contributed by atoms with Gasteiger partial charge in [-0.15, -0.1) is 5.01 Å². The molecule has 1 unspecified atom stereocenters. The first-order valence-electron chi connectivity index (χ1n) is 11.3. The number of halogens is 2. The van der Waals surface area contributed by atoms with Gasteiger partial charge in [0.15, 0.2) is 5.69 Å². The molecule has 0 fully saturated rings. The molecule has 4 nitrogen and oxygen atoms in total. The number of hydrogen-bond donors (Lipinski definition) is 2. The van der Waals surface area contributed by atoms with Gasteiger partial charge in [-0.05, 0) is 61.7 Å². The van der Waals surface area contributed by atoms with Gasteiger partial charge in [-0.1, -0.05) is 58.6 Å². The number of amides is 1. The number of carbonyl (C=O) groups excluding carboxylic acids is 1. The fraction of sp³-hybridized carbons (Fsp3) is 0.214.